The van der Waals surface area contributed by atoms with E-state index < -0.39 is 41.4 Å². The van der Waals surface area contributed by atoms with E-state index in [1.54, 1.807) is 28.8 Å². The van der Waals surface area contributed by atoms with Gasteiger partial charge in [0.1, 0.15) is 12.0 Å². The third-order valence-electron chi connectivity index (χ3n) is 6.01. The van der Waals surface area contributed by atoms with E-state index in [4.69, 9.17) is 0 Å². The van der Waals surface area contributed by atoms with E-state index in [9.17, 15) is 18.0 Å². The molecule has 0 spiro atoms. The van der Waals surface area contributed by atoms with Crippen molar-refractivity contribution in [3.8, 4) is 0 Å². The minimum Gasteiger partial charge on any atom is -0.347 e. The highest BCUT2D eigenvalue weighted by Crippen LogP contribution is 2.41. The molecule has 2 aliphatic heterocycles. The number of hydrogen-bond acceptors (Lipinski definition) is 4. The zero-order valence-electron chi connectivity index (χ0n) is 17.2. The van der Waals surface area contributed by atoms with Crippen molar-refractivity contribution in [1.82, 2.24) is 20.2 Å². The van der Waals surface area contributed by atoms with Crippen LogP contribution < -0.4 is 16.0 Å². The van der Waals surface area contributed by atoms with Crippen molar-refractivity contribution in [1.29, 1.82) is 0 Å². The Labute approximate surface area is 189 Å². The number of carbonyl (C=O) groups excluding carboxylic acids is 1. The molecule has 1 aromatic heterocycles. The summed E-state index contributed by atoms with van der Waals surface area (Å²) in [6, 6.07) is 13.3. The minimum atomic E-state index is -1.11. The van der Waals surface area contributed by atoms with Gasteiger partial charge in [-0.15, -0.1) is 0 Å². The average Bonchev–Trinajstić information content (AvgIpc) is 3.19. The molecule has 0 bridgehead atoms. The number of rotatable bonds is 2. The minimum absolute atomic E-state index is 0.0493. The molecule has 6 nitrogen and oxygen atoms in total. The molecule has 3 N–H and O–H groups in total. The molecular formula is C24H15F4N5O. The number of fused-ring (bicyclic) bond motifs is 3. The standard InChI is InChI=1S/C24H15F4N5O/c25-13-7-3-5-11(18(13)27)20-17-22(32-24-29-15-9-1-2-10-16(15)33(20)24)30-21(31-23(17)34)12-6-4-8-14(26)19(12)28/h1-10,20-21,30H,(H,29,32)(H,31,34). The van der Waals surface area contributed by atoms with Crippen LogP contribution in [0.4, 0.5) is 23.5 Å². The Bertz CT molecular complexity index is 1530. The molecule has 4 aromatic rings. The van der Waals surface area contributed by atoms with Crippen molar-refractivity contribution in [2.45, 2.75) is 12.2 Å². The lowest BCUT2D eigenvalue weighted by Crippen LogP contribution is -2.50. The van der Waals surface area contributed by atoms with E-state index in [0.29, 0.717) is 11.0 Å². The molecule has 1 amide bonds. The molecule has 6 rings (SSSR count). The predicted molar refractivity (Wildman–Crippen MR) is 115 cm³/mol. The summed E-state index contributed by atoms with van der Waals surface area (Å²) < 4.78 is 59.1. The summed E-state index contributed by atoms with van der Waals surface area (Å²) in [6.07, 6.45) is -1.11. The van der Waals surface area contributed by atoms with E-state index in [-0.39, 0.29) is 28.5 Å². The topological polar surface area (TPSA) is 71.0 Å². The Balaban J connectivity index is 1.56. The van der Waals surface area contributed by atoms with Crippen molar-refractivity contribution >= 4 is 22.9 Å². The summed E-state index contributed by atoms with van der Waals surface area (Å²) in [5.41, 5.74) is 1.02. The molecule has 10 heteroatoms. The van der Waals surface area contributed by atoms with Crippen LogP contribution in [0.2, 0.25) is 0 Å². The smallest absolute Gasteiger partial charge is 0.255 e. The van der Waals surface area contributed by atoms with Crippen LogP contribution in [0.25, 0.3) is 11.0 Å². The summed E-state index contributed by atoms with van der Waals surface area (Å²) in [4.78, 5) is 17.9. The SMILES string of the molecule is O=C1NC(c2cccc(F)c2F)NC2=C1C(c1cccc(F)c1F)n1c(nc3ccccc31)N2. The van der Waals surface area contributed by atoms with Gasteiger partial charge < -0.3 is 16.0 Å². The first kappa shape index (κ1) is 20.3. The fraction of sp³-hybridized carbons (Fsp3) is 0.0833. The van der Waals surface area contributed by atoms with Crippen molar-refractivity contribution in [3.05, 3.63) is 106 Å². The number of anilines is 1. The maximum atomic E-state index is 15.0. The van der Waals surface area contributed by atoms with Crippen molar-refractivity contribution in [2.75, 3.05) is 5.32 Å². The zero-order chi connectivity index (χ0) is 23.6. The van der Waals surface area contributed by atoms with Crippen molar-refractivity contribution in [3.63, 3.8) is 0 Å². The van der Waals surface area contributed by atoms with Gasteiger partial charge >= 0.3 is 0 Å². The molecule has 0 radical (unpaired) electrons. The van der Waals surface area contributed by atoms with Crippen LogP contribution in [0.3, 0.4) is 0 Å². The number of amides is 1. The summed E-state index contributed by atoms with van der Waals surface area (Å²) >= 11 is 0. The maximum Gasteiger partial charge on any atom is 0.255 e. The van der Waals surface area contributed by atoms with Crippen LogP contribution in [-0.2, 0) is 4.79 Å². The summed E-state index contributed by atoms with van der Waals surface area (Å²) in [6.45, 7) is 0. The second-order valence-electron chi connectivity index (χ2n) is 7.95. The number of imidazole rings is 1. The lowest BCUT2D eigenvalue weighted by atomic mass is 9.93. The van der Waals surface area contributed by atoms with Gasteiger partial charge in [-0.05, 0) is 24.3 Å². The van der Waals surface area contributed by atoms with Gasteiger partial charge in [0.05, 0.1) is 22.6 Å². The van der Waals surface area contributed by atoms with Crippen molar-refractivity contribution in [2.24, 2.45) is 0 Å². The number of benzene rings is 3. The lowest BCUT2D eigenvalue weighted by Gasteiger charge is -2.37. The Morgan fingerprint density at radius 3 is 2.24 bits per heavy atom. The average molecular weight is 465 g/mol. The van der Waals surface area contributed by atoms with Crippen molar-refractivity contribution < 1.29 is 22.4 Å². The number of para-hydroxylation sites is 2. The Morgan fingerprint density at radius 1 is 0.794 bits per heavy atom. The molecule has 3 heterocycles. The number of aromatic nitrogens is 2. The highest BCUT2D eigenvalue weighted by Gasteiger charge is 2.41. The highest BCUT2D eigenvalue weighted by atomic mass is 19.2. The summed E-state index contributed by atoms with van der Waals surface area (Å²) in [5.74, 6) is -4.59. The van der Waals surface area contributed by atoms with Gasteiger partial charge in [-0.3, -0.25) is 9.36 Å². The Morgan fingerprint density at radius 2 is 1.47 bits per heavy atom. The third-order valence-corrected chi connectivity index (χ3v) is 6.01. The number of nitrogens with zero attached hydrogens (tertiary/aromatic N) is 2. The van der Waals surface area contributed by atoms with Gasteiger partial charge in [0, 0.05) is 11.1 Å². The van der Waals surface area contributed by atoms with Crippen LogP contribution in [0.5, 0.6) is 0 Å². The molecule has 170 valence electrons. The Kier molecular flexibility index (Phi) is 4.38. The molecule has 0 saturated heterocycles. The van der Waals surface area contributed by atoms with E-state index in [1.807, 2.05) is 0 Å². The molecular weight excluding hydrogens is 450 g/mol. The first-order valence-electron chi connectivity index (χ1n) is 10.4. The van der Waals surface area contributed by atoms with E-state index >= 15 is 4.39 Å². The van der Waals surface area contributed by atoms with E-state index in [1.165, 1.54) is 24.3 Å². The molecule has 0 saturated carbocycles. The lowest BCUT2D eigenvalue weighted by molar-refractivity contribution is -0.119. The van der Waals surface area contributed by atoms with Crippen LogP contribution >= 0.6 is 0 Å². The number of nitrogens with one attached hydrogen (secondary N) is 3. The molecule has 2 aliphatic rings. The monoisotopic (exact) mass is 465 g/mol. The fourth-order valence-electron chi connectivity index (χ4n) is 4.50. The molecule has 2 atom stereocenters. The fourth-order valence-corrected chi connectivity index (χ4v) is 4.50. The quantitative estimate of drug-likeness (QED) is 0.388. The first-order chi connectivity index (χ1) is 16.4. The van der Waals surface area contributed by atoms with Gasteiger partial charge in [0.2, 0.25) is 5.95 Å². The van der Waals surface area contributed by atoms with Crippen LogP contribution in [0.1, 0.15) is 23.3 Å². The summed E-state index contributed by atoms with van der Waals surface area (Å²) in [5, 5.41) is 8.56. The number of hydrogen-bond donors (Lipinski definition) is 3. The largest absolute Gasteiger partial charge is 0.347 e. The predicted octanol–water partition coefficient (Wildman–Crippen LogP) is 4.24. The highest BCUT2D eigenvalue weighted by molar-refractivity contribution is 5.99. The van der Waals surface area contributed by atoms with Crippen LogP contribution in [-0.4, -0.2) is 15.5 Å². The molecule has 3 aromatic carbocycles. The van der Waals surface area contributed by atoms with Crippen LogP contribution in [0.15, 0.2) is 72.1 Å². The Hall–Kier alpha value is -4.34. The summed E-state index contributed by atoms with van der Waals surface area (Å²) in [7, 11) is 0. The van der Waals surface area contributed by atoms with Crippen LogP contribution in [0, 0.1) is 23.3 Å². The molecule has 0 aliphatic carbocycles. The third kappa shape index (κ3) is 2.88. The van der Waals surface area contributed by atoms with Gasteiger partial charge in [-0.2, -0.15) is 0 Å². The van der Waals surface area contributed by atoms with Gasteiger partial charge in [0.15, 0.2) is 23.3 Å². The zero-order valence-corrected chi connectivity index (χ0v) is 17.2. The molecule has 0 fully saturated rings. The van der Waals surface area contributed by atoms with Gasteiger partial charge in [-0.25, -0.2) is 22.5 Å². The normalized spacial score (nSPS) is 19.2. The second-order valence-corrected chi connectivity index (χ2v) is 7.95. The first-order valence-corrected chi connectivity index (χ1v) is 10.4. The second kappa shape index (κ2) is 7.34. The van der Waals surface area contributed by atoms with Gasteiger partial charge in [-0.1, -0.05) is 36.4 Å². The molecule has 2 unspecified atom stereocenters. The molecule has 34 heavy (non-hydrogen) atoms. The number of halogens is 4. The van der Waals surface area contributed by atoms with E-state index in [0.717, 1.165) is 12.1 Å². The maximum absolute atomic E-state index is 15.0. The van der Waals surface area contributed by atoms with E-state index in [2.05, 4.69) is 20.9 Å². The number of carbonyl (C=O) groups is 1. The van der Waals surface area contributed by atoms with Gasteiger partial charge in [0.25, 0.3) is 5.91 Å².